The maximum Gasteiger partial charge on any atom is 0.272 e. The zero-order valence-corrected chi connectivity index (χ0v) is 26.5. The third kappa shape index (κ3) is 7.01. The molecule has 0 saturated heterocycles. The Hall–Kier alpha value is -6.06. The third-order valence-corrected chi connectivity index (χ3v) is 8.72. The highest BCUT2D eigenvalue weighted by Crippen LogP contribution is 2.33. The van der Waals surface area contributed by atoms with Crippen LogP contribution in [0.5, 0.6) is 0 Å². The maximum absolute atomic E-state index is 13.5. The lowest BCUT2D eigenvalue weighted by Gasteiger charge is -2.21. The molecule has 236 valence electrons. The number of hydrogen-bond donors (Lipinski definition) is 3. The highest BCUT2D eigenvalue weighted by molar-refractivity contribution is 8.00. The average molecular weight is 652 g/mol. The van der Waals surface area contributed by atoms with E-state index in [1.54, 1.807) is 104 Å². The summed E-state index contributed by atoms with van der Waals surface area (Å²) in [4.78, 5) is 66.9. The van der Waals surface area contributed by atoms with Crippen molar-refractivity contribution in [3.8, 4) is 0 Å². The van der Waals surface area contributed by atoms with Gasteiger partial charge < -0.3 is 16.0 Å². The normalized spacial score (nSPS) is 12.7. The summed E-state index contributed by atoms with van der Waals surface area (Å²) in [7, 11) is 0. The standard InChI is InChI=1S/C39H29N3O5S/c1-24(37(45)41-32-21-11-20-31-34(32)36(44)30-19-9-8-18-29(30)35(31)43)48-28-17-10-16-27(23-28)40-39(47)33(22-25-12-4-2-5-13-25)42-38(46)26-14-6-3-7-15-26/h2-24H,1H3,(H,40,47)(H,41,45)(H,42,46)/b33-22+. The van der Waals surface area contributed by atoms with Crippen LogP contribution in [0.3, 0.4) is 0 Å². The van der Waals surface area contributed by atoms with E-state index in [0.717, 1.165) is 5.56 Å². The summed E-state index contributed by atoms with van der Waals surface area (Å²) in [5.74, 6) is -1.89. The molecule has 0 aromatic heterocycles. The van der Waals surface area contributed by atoms with E-state index in [2.05, 4.69) is 16.0 Å². The van der Waals surface area contributed by atoms with E-state index in [9.17, 15) is 24.0 Å². The molecule has 9 heteroatoms. The van der Waals surface area contributed by atoms with Crippen LogP contribution in [0.25, 0.3) is 6.08 Å². The van der Waals surface area contributed by atoms with Crippen molar-refractivity contribution in [2.24, 2.45) is 0 Å². The van der Waals surface area contributed by atoms with E-state index in [0.29, 0.717) is 27.3 Å². The Bertz CT molecular complexity index is 2090. The van der Waals surface area contributed by atoms with E-state index in [1.165, 1.54) is 11.8 Å². The van der Waals surface area contributed by atoms with Gasteiger partial charge >= 0.3 is 0 Å². The Balaban J connectivity index is 1.15. The molecule has 1 atom stereocenters. The SMILES string of the molecule is CC(Sc1cccc(NC(=O)/C(=C\c2ccccc2)NC(=O)c2ccccc2)c1)C(=O)Nc1cccc2c1C(=O)c1ccccc1C2=O. The first-order valence-electron chi connectivity index (χ1n) is 15.1. The van der Waals surface area contributed by atoms with Crippen molar-refractivity contribution in [3.63, 3.8) is 0 Å². The predicted molar refractivity (Wildman–Crippen MR) is 187 cm³/mol. The molecule has 5 aromatic rings. The number of fused-ring (bicyclic) bond motifs is 2. The summed E-state index contributed by atoms with van der Waals surface area (Å²) in [5, 5.41) is 7.81. The molecule has 48 heavy (non-hydrogen) atoms. The Morgan fingerprint density at radius 3 is 2.02 bits per heavy atom. The smallest absolute Gasteiger partial charge is 0.272 e. The van der Waals surface area contributed by atoms with Gasteiger partial charge in [-0.05, 0) is 55.0 Å². The van der Waals surface area contributed by atoms with Gasteiger partial charge in [-0.2, -0.15) is 0 Å². The minimum atomic E-state index is -0.604. The predicted octanol–water partition coefficient (Wildman–Crippen LogP) is 6.99. The van der Waals surface area contributed by atoms with Crippen LogP contribution < -0.4 is 16.0 Å². The molecule has 3 amide bonds. The minimum absolute atomic E-state index is 0.0581. The van der Waals surface area contributed by atoms with Crippen LogP contribution in [0.15, 0.2) is 138 Å². The Labute approximate surface area is 281 Å². The van der Waals surface area contributed by atoms with Crippen LogP contribution in [0.1, 0.15) is 54.7 Å². The minimum Gasteiger partial charge on any atom is -0.324 e. The molecule has 5 aromatic carbocycles. The van der Waals surface area contributed by atoms with Crippen LogP contribution in [0.4, 0.5) is 11.4 Å². The number of anilines is 2. The maximum atomic E-state index is 13.5. The van der Waals surface area contributed by atoms with Crippen LogP contribution in [0, 0.1) is 0 Å². The second-order valence-electron chi connectivity index (χ2n) is 11.0. The largest absolute Gasteiger partial charge is 0.324 e. The molecule has 1 aliphatic rings. The number of benzene rings is 5. The molecular weight excluding hydrogens is 623 g/mol. The van der Waals surface area contributed by atoms with E-state index in [1.807, 2.05) is 36.4 Å². The summed E-state index contributed by atoms with van der Waals surface area (Å²) >= 11 is 1.26. The molecule has 0 radical (unpaired) electrons. The lowest BCUT2D eigenvalue weighted by Crippen LogP contribution is -2.30. The quantitative estimate of drug-likeness (QED) is 0.114. The Morgan fingerprint density at radius 1 is 0.667 bits per heavy atom. The van der Waals surface area contributed by atoms with Gasteiger partial charge in [0.25, 0.3) is 11.8 Å². The van der Waals surface area contributed by atoms with Crippen molar-refractivity contribution in [1.29, 1.82) is 0 Å². The molecule has 0 aliphatic heterocycles. The van der Waals surface area contributed by atoms with Gasteiger partial charge in [-0.25, -0.2) is 0 Å². The van der Waals surface area contributed by atoms with Crippen molar-refractivity contribution < 1.29 is 24.0 Å². The number of thioether (sulfide) groups is 1. The van der Waals surface area contributed by atoms with Gasteiger partial charge in [-0.3, -0.25) is 24.0 Å². The first kappa shape index (κ1) is 31.9. The van der Waals surface area contributed by atoms with E-state index < -0.39 is 17.1 Å². The van der Waals surface area contributed by atoms with Crippen LogP contribution in [-0.4, -0.2) is 34.5 Å². The summed E-state index contributed by atoms with van der Waals surface area (Å²) in [5.41, 5.74) is 3.01. The highest BCUT2D eigenvalue weighted by Gasteiger charge is 2.32. The Kier molecular flexibility index (Phi) is 9.40. The van der Waals surface area contributed by atoms with Gasteiger partial charge in [0.05, 0.1) is 16.5 Å². The third-order valence-electron chi connectivity index (χ3n) is 7.62. The van der Waals surface area contributed by atoms with Crippen molar-refractivity contribution >= 4 is 58.5 Å². The molecule has 0 saturated carbocycles. The van der Waals surface area contributed by atoms with Gasteiger partial charge in [-0.15, -0.1) is 11.8 Å². The molecule has 6 rings (SSSR count). The van der Waals surface area contributed by atoms with Gasteiger partial charge in [0, 0.05) is 32.8 Å². The zero-order chi connectivity index (χ0) is 33.6. The monoisotopic (exact) mass is 651 g/mol. The van der Waals surface area contributed by atoms with Gasteiger partial charge in [0.2, 0.25) is 5.91 Å². The lowest BCUT2D eigenvalue weighted by atomic mass is 9.83. The lowest BCUT2D eigenvalue weighted by molar-refractivity contribution is -0.115. The van der Waals surface area contributed by atoms with E-state index in [4.69, 9.17) is 0 Å². The molecule has 0 spiro atoms. The fraction of sp³-hybridized carbons (Fsp3) is 0.0513. The molecule has 3 N–H and O–H groups in total. The molecule has 0 heterocycles. The molecule has 8 nitrogen and oxygen atoms in total. The van der Waals surface area contributed by atoms with Crippen molar-refractivity contribution in [3.05, 3.63) is 166 Å². The summed E-state index contributed by atoms with van der Waals surface area (Å²) in [6.07, 6.45) is 1.60. The zero-order valence-electron chi connectivity index (χ0n) is 25.7. The number of rotatable bonds is 9. The number of carbonyl (C=O) groups excluding carboxylic acids is 5. The number of nitrogens with one attached hydrogen (secondary N) is 3. The Morgan fingerprint density at radius 2 is 1.29 bits per heavy atom. The number of ketones is 2. The van der Waals surface area contributed by atoms with Crippen LogP contribution in [-0.2, 0) is 9.59 Å². The van der Waals surface area contributed by atoms with Crippen molar-refractivity contribution in [2.75, 3.05) is 10.6 Å². The topological polar surface area (TPSA) is 121 Å². The summed E-state index contributed by atoms with van der Waals surface area (Å²) < 4.78 is 0. The first-order chi connectivity index (χ1) is 23.3. The van der Waals surface area contributed by atoms with Crippen LogP contribution in [0.2, 0.25) is 0 Å². The highest BCUT2D eigenvalue weighted by atomic mass is 32.2. The molecule has 1 unspecified atom stereocenters. The number of carbonyl (C=O) groups is 5. The second-order valence-corrected chi connectivity index (χ2v) is 12.4. The molecule has 1 aliphatic carbocycles. The molecule has 0 fully saturated rings. The second kappa shape index (κ2) is 14.1. The fourth-order valence-electron chi connectivity index (χ4n) is 5.25. The molecular formula is C39H29N3O5S. The first-order valence-corrected chi connectivity index (χ1v) is 16.0. The summed E-state index contributed by atoms with van der Waals surface area (Å²) in [6.45, 7) is 1.72. The van der Waals surface area contributed by atoms with Gasteiger partial charge in [0.15, 0.2) is 11.6 Å². The van der Waals surface area contributed by atoms with E-state index in [-0.39, 0.29) is 40.0 Å². The number of amides is 3. The van der Waals surface area contributed by atoms with Crippen molar-refractivity contribution in [1.82, 2.24) is 5.32 Å². The summed E-state index contributed by atoms with van der Waals surface area (Å²) in [6, 6.07) is 36.3. The van der Waals surface area contributed by atoms with Gasteiger partial charge in [0.1, 0.15) is 5.70 Å². The van der Waals surface area contributed by atoms with Gasteiger partial charge in [-0.1, -0.05) is 91.0 Å². The van der Waals surface area contributed by atoms with E-state index >= 15 is 0 Å². The molecule has 0 bridgehead atoms. The average Bonchev–Trinajstić information content (AvgIpc) is 3.11. The van der Waals surface area contributed by atoms with Crippen molar-refractivity contribution in [2.45, 2.75) is 17.1 Å². The fourth-order valence-corrected chi connectivity index (χ4v) is 6.17. The number of hydrogen-bond acceptors (Lipinski definition) is 6. The van der Waals surface area contributed by atoms with Crippen LogP contribution >= 0.6 is 11.8 Å².